The van der Waals surface area contributed by atoms with Gasteiger partial charge in [0.2, 0.25) is 5.95 Å². The summed E-state index contributed by atoms with van der Waals surface area (Å²) in [7, 11) is 0. The first kappa shape index (κ1) is 19.6. The van der Waals surface area contributed by atoms with Crippen molar-refractivity contribution >= 4 is 17.9 Å². The number of anilines is 1. The van der Waals surface area contributed by atoms with Crippen LogP contribution in [-0.2, 0) is 6.54 Å². The van der Waals surface area contributed by atoms with Crippen molar-refractivity contribution in [2.75, 3.05) is 5.73 Å². The largest absolute Gasteiger partial charge is 0.368 e. The number of hydrazone groups is 1. The molecule has 0 spiro atoms. The number of rotatable bonds is 6. The van der Waals surface area contributed by atoms with E-state index in [1.807, 2.05) is 18.2 Å². The van der Waals surface area contributed by atoms with E-state index >= 15 is 0 Å². The number of aromatic nitrogens is 3. The maximum Gasteiger partial charge on any atom is 0.221 e. The number of aliphatic imine (C=N–C) groups is 1. The molecular formula is C21H19F2N7. The second-order valence-electron chi connectivity index (χ2n) is 6.91. The molecule has 30 heavy (non-hydrogen) atoms. The van der Waals surface area contributed by atoms with Crippen molar-refractivity contribution in [3.05, 3.63) is 71.2 Å². The molecule has 2 heterocycles. The molecule has 152 valence electrons. The molecule has 1 saturated carbocycles. The highest BCUT2D eigenvalue weighted by Crippen LogP contribution is 2.38. The molecule has 1 aliphatic carbocycles. The van der Waals surface area contributed by atoms with Crippen LogP contribution in [0.25, 0.3) is 11.3 Å². The van der Waals surface area contributed by atoms with Crippen LogP contribution in [0.3, 0.4) is 0 Å². The number of nitrogens with zero attached hydrogens (tertiary/aromatic N) is 5. The summed E-state index contributed by atoms with van der Waals surface area (Å²) in [6, 6.07) is 11.1. The fourth-order valence-electron chi connectivity index (χ4n) is 3.02. The highest BCUT2D eigenvalue weighted by atomic mass is 19.2. The van der Waals surface area contributed by atoms with Crippen molar-refractivity contribution in [3.63, 3.8) is 0 Å². The third kappa shape index (κ3) is 4.29. The van der Waals surface area contributed by atoms with Crippen LogP contribution in [0.5, 0.6) is 0 Å². The van der Waals surface area contributed by atoms with Crippen molar-refractivity contribution in [3.8, 4) is 11.3 Å². The Hall–Kier alpha value is -3.75. The number of nitrogens with two attached hydrogens (primary N) is 2. The minimum absolute atomic E-state index is 0.0419. The number of benzene rings is 1. The number of hydrogen-bond donors (Lipinski definition) is 2. The van der Waals surface area contributed by atoms with Crippen LogP contribution in [0.15, 0.2) is 52.6 Å². The lowest BCUT2D eigenvalue weighted by Crippen LogP contribution is -2.12. The molecule has 4 N–H and O–H groups in total. The number of nitrogen functional groups attached to an aromatic ring is 1. The van der Waals surface area contributed by atoms with Crippen LogP contribution < -0.4 is 11.6 Å². The topological polar surface area (TPSA) is 115 Å². The molecule has 0 saturated heterocycles. The predicted molar refractivity (Wildman–Crippen MR) is 111 cm³/mol. The summed E-state index contributed by atoms with van der Waals surface area (Å²) in [4.78, 5) is 17.0. The average Bonchev–Trinajstić information content (AvgIpc) is 3.58. The fraction of sp³-hybridized carbons (Fsp3) is 0.190. The molecule has 0 atom stereocenters. The summed E-state index contributed by atoms with van der Waals surface area (Å²) >= 11 is 0. The molecule has 4 rings (SSSR count). The van der Waals surface area contributed by atoms with E-state index in [1.54, 1.807) is 0 Å². The first-order valence-corrected chi connectivity index (χ1v) is 9.38. The standard InChI is InChI=1S/C21H19F2N7/c22-15-5-2-4-14(20(15)23)17-9-18(29-21(24)28-17)19(30-25)11-26-10-13-3-1-6-16(27-13)12-7-8-12/h1-6,9,11-12H,7-8,10,25H2,(H2,24,28,29). The maximum absolute atomic E-state index is 14.2. The summed E-state index contributed by atoms with van der Waals surface area (Å²) in [5.74, 6) is 3.92. The molecule has 1 aliphatic rings. The van der Waals surface area contributed by atoms with Crippen molar-refractivity contribution < 1.29 is 8.78 Å². The van der Waals surface area contributed by atoms with Crippen LogP contribution in [0, 0.1) is 11.6 Å². The summed E-state index contributed by atoms with van der Waals surface area (Å²) in [5, 5.41) is 3.69. The molecule has 0 amide bonds. The van der Waals surface area contributed by atoms with Crippen LogP contribution in [-0.4, -0.2) is 26.9 Å². The number of pyridine rings is 1. The van der Waals surface area contributed by atoms with E-state index in [4.69, 9.17) is 11.6 Å². The summed E-state index contributed by atoms with van der Waals surface area (Å²) in [6.45, 7) is 0.339. The Morgan fingerprint density at radius 1 is 1.10 bits per heavy atom. The zero-order chi connectivity index (χ0) is 21.1. The van der Waals surface area contributed by atoms with Crippen LogP contribution in [0.1, 0.15) is 35.8 Å². The maximum atomic E-state index is 14.2. The third-order valence-corrected chi connectivity index (χ3v) is 4.66. The minimum atomic E-state index is -1.02. The Kier molecular flexibility index (Phi) is 5.42. The van der Waals surface area contributed by atoms with E-state index in [1.165, 1.54) is 37.3 Å². The molecular weight excluding hydrogens is 388 g/mol. The average molecular weight is 407 g/mol. The first-order valence-electron chi connectivity index (χ1n) is 9.38. The minimum Gasteiger partial charge on any atom is -0.368 e. The van der Waals surface area contributed by atoms with Gasteiger partial charge in [-0.1, -0.05) is 12.1 Å². The lowest BCUT2D eigenvalue weighted by atomic mass is 10.1. The Morgan fingerprint density at radius 2 is 1.90 bits per heavy atom. The summed E-state index contributed by atoms with van der Waals surface area (Å²) in [5.41, 5.74) is 8.21. The monoisotopic (exact) mass is 407 g/mol. The fourth-order valence-corrected chi connectivity index (χ4v) is 3.02. The smallest absolute Gasteiger partial charge is 0.221 e. The van der Waals surface area contributed by atoms with E-state index in [2.05, 4.69) is 25.0 Å². The molecule has 9 heteroatoms. The van der Waals surface area contributed by atoms with Gasteiger partial charge in [0.1, 0.15) is 5.71 Å². The lowest BCUT2D eigenvalue weighted by Gasteiger charge is -2.07. The molecule has 2 aromatic heterocycles. The van der Waals surface area contributed by atoms with Gasteiger partial charge in [-0.2, -0.15) is 5.10 Å². The molecule has 3 aromatic rings. The van der Waals surface area contributed by atoms with E-state index in [-0.39, 0.29) is 28.6 Å². The van der Waals surface area contributed by atoms with Crippen LogP contribution in [0.2, 0.25) is 0 Å². The van der Waals surface area contributed by atoms with Gasteiger partial charge in [-0.3, -0.25) is 9.98 Å². The molecule has 7 nitrogen and oxygen atoms in total. The predicted octanol–water partition coefficient (Wildman–Crippen LogP) is 3.21. The van der Waals surface area contributed by atoms with Gasteiger partial charge in [-0.15, -0.1) is 0 Å². The van der Waals surface area contributed by atoms with Crippen molar-refractivity contribution in [1.29, 1.82) is 0 Å². The van der Waals surface area contributed by atoms with Gasteiger partial charge in [-0.05, 0) is 43.2 Å². The number of halogens is 2. The molecule has 0 aliphatic heterocycles. The SMILES string of the molecule is NN=C(C=NCc1cccc(C2CC2)n1)c1cc(-c2cccc(F)c2F)nc(N)n1. The van der Waals surface area contributed by atoms with Crippen molar-refractivity contribution in [2.24, 2.45) is 15.9 Å². The normalized spacial score (nSPS) is 14.4. The van der Waals surface area contributed by atoms with Gasteiger partial charge < -0.3 is 11.6 Å². The Balaban J connectivity index is 1.57. The highest BCUT2D eigenvalue weighted by Gasteiger charge is 2.24. The van der Waals surface area contributed by atoms with Gasteiger partial charge in [0.25, 0.3) is 0 Å². The molecule has 0 radical (unpaired) electrons. The molecule has 0 unspecified atom stereocenters. The number of hydrogen-bond acceptors (Lipinski definition) is 7. The van der Waals surface area contributed by atoms with Gasteiger partial charge in [0.15, 0.2) is 11.6 Å². The van der Waals surface area contributed by atoms with Gasteiger partial charge in [0, 0.05) is 17.2 Å². The van der Waals surface area contributed by atoms with Crippen LogP contribution in [0.4, 0.5) is 14.7 Å². The summed E-state index contributed by atoms with van der Waals surface area (Å²) in [6.07, 6.45) is 3.79. The second kappa shape index (κ2) is 8.32. The zero-order valence-corrected chi connectivity index (χ0v) is 16.0. The van der Waals surface area contributed by atoms with Crippen molar-refractivity contribution in [1.82, 2.24) is 15.0 Å². The molecule has 1 fully saturated rings. The van der Waals surface area contributed by atoms with Gasteiger partial charge in [-0.25, -0.2) is 18.7 Å². The molecule has 1 aromatic carbocycles. The van der Waals surface area contributed by atoms with Gasteiger partial charge in [0.05, 0.1) is 29.8 Å². The van der Waals surface area contributed by atoms with E-state index in [0.29, 0.717) is 12.5 Å². The third-order valence-electron chi connectivity index (χ3n) is 4.66. The summed E-state index contributed by atoms with van der Waals surface area (Å²) < 4.78 is 27.7. The second-order valence-corrected chi connectivity index (χ2v) is 6.91. The highest BCUT2D eigenvalue weighted by molar-refractivity contribution is 6.37. The van der Waals surface area contributed by atoms with Crippen molar-refractivity contribution in [2.45, 2.75) is 25.3 Å². The Labute approximate surface area is 171 Å². The zero-order valence-electron chi connectivity index (χ0n) is 16.0. The first-order chi connectivity index (χ1) is 14.5. The van der Waals surface area contributed by atoms with E-state index < -0.39 is 11.6 Å². The van der Waals surface area contributed by atoms with E-state index in [0.717, 1.165) is 17.5 Å². The molecule has 0 bridgehead atoms. The van der Waals surface area contributed by atoms with Crippen LogP contribution >= 0.6 is 0 Å². The van der Waals surface area contributed by atoms with Gasteiger partial charge >= 0.3 is 0 Å². The Morgan fingerprint density at radius 3 is 2.67 bits per heavy atom. The van der Waals surface area contributed by atoms with E-state index in [9.17, 15) is 8.78 Å². The lowest BCUT2D eigenvalue weighted by molar-refractivity contribution is 0.511. The quantitative estimate of drug-likeness (QED) is 0.370. The Bertz CT molecular complexity index is 1140.